The largest absolute Gasteiger partial charge is 0.466 e. The van der Waals surface area contributed by atoms with Gasteiger partial charge in [0.1, 0.15) is 0 Å². The highest BCUT2D eigenvalue weighted by atomic mass is 16.5. The zero-order valence-electron chi connectivity index (χ0n) is 57.9. The first-order valence-corrected chi connectivity index (χ1v) is 39.1. The SMILES string of the molecule is CCCCCCCCCCCCCCCCCCCCCCCCC(O)C(CO)NC(=O)CCCCCCCCCCCCC/C=C\C/C=C\CCCCCCCCCCCOC(=O)CCCCCCCCCCCCCCCCCCCCC. The van der Waals surface area contributed by atoms with Crippen molar-refractivity contribution >= 4 is 11.9 Å². The van der Waals surface area contributed by atoms with Crippen LogP contribution in [0.25, 0.3) is 0 Å². The van der Waals surface area contributed by atoms with Gasteiger partial charge >= 0.3 is 5.97 Å². The zero-order valence-corrected chi connectivity index (χ0v) is 57.9. The quantitative estimate of drug-likeness (QED) is 0.0320. The van der Waals surface area contributed by atoms with E-state index in [2.05, 4.69) is 43.5 Å². The second-order valence-corrected chi connectivity index (χ2v) is 27.0. The summed E-state index contributed by atoms with van der Waals surface area (Å²) in [6.07, 6.45) is 95.4. The van der Waals surface area contributed by atoms with Crippen LogP contribution in [0.5, 0.6) is 0 Å². The summed E-state index contributed by atoms with van der Waals surface area (Å²) in [5.41, 5.74) is 0. The molecule has 6 heteroatoms. The van der Waals surface area contributed by atoms with E-state index in [9.17, 15) is 19.8 Å². The molecular weight excluding hydrogens is 1040 g/mol. The van der Waals surface area contributed by atoms with E-state index in [0.717, 1.165) is 44.9 Å². The van der Waals surface area contributed by atoms with Gasteiger partial charge in [-0.25, -0.2) is 0 Å². The van der Waals surface area contributed by atoms with Gasteiger partial charge < -0.3 is 20.3 Å². The van der Waals surface area contributed by atoms with Crippen LogP contribution in [0.1, 0.15) is 444 Å². The highest BCUT2D eigenvalue weighted by molar-refractivity contribution is 5.76. The fourth-order valence-corrected chi connectivity index (χ4v) is 12.6. The van der Waals surface area contributed by atoms with E-state index in [1.54, 1.807) is 0 Å². The molecule has 0 saturated carbocycles. The van der Waals surface area contributed by atoms with Crippen molar-refractivity contribution in [3.8, 4) is 0 Å². The van der Waals surface area contributed by atoms with Gasteiger partial charge in [-0.15, -0.1) is 0 Å². The average molecular weight is 1200 g/mol. The van der Waals surface area contributed by atoms with E-state index < -0.39 is 12.1 Å². The molecule has 85 heavy (non-hydrogen) atoms. The maximum absolute atomic E-state index is 12.6. The molecule has 0 bridgehead atoms. The number of esters is 1. The predicted octanol–water partition coefficient (Wildman–Crippen LogP) is 25.7. The summed E-state index contributed by atoms with van der Waals surface area (Å²) in [5, 5.41) is 23.4. The summed E-state index contributed by atoms with van der Waals surface area (Å²) in [4.78, 5) is 24.7. The van der Waals surface area contributed by atoms with Gasteiger partial charge in [-0.2, -0.15) is 0 Å². The third kappa shape index (κ3) is 71.3. The first-order chi connectivity index (χ1) is 42.0. The molecule has 0 aliphatic rings. The van der Waals surface area contributed by atoms with Crippen molar-refractivity contribution in [1.29, 1.82) is 0 Å². The Morgan fingerprint density at radius 2 is 0.588 bits per heavy atom. The van der Waals surface area contributed by atoms with Crippen molar-refractivity contribution < 1.29 is 24.5 Å². The summed E-state index contributed by atoms with van der Waals surface area (Å²) >= 11 is 0. The molecule has 0 radical (unpaired) electrons. The highest BCUT2D eigenvalue weighted by Gasteiger charge is 2.20. The van der Waals surface area contributed by atoms with Gasteiger partial charge in [0.05, 0.1) is 25.4 Å². The Kier molecular flexibility index (Phi) is 73.3. The summed E-state index contributed by atoms with van der Waals surface area (Å²) in [5.74, 6) is -0.0164. The van der Waals surface area contributed by atoms with Crippen LogP contribution < -0.4 is 5.32 Å². The number of nitrogens with one attached hydrogen (secondary N) is 1. The van der Waals surface area contributed by atoms with Crippen molar-refractivity contribution in [3.05, 3.63) is 24.3 Å². The smallest absolute Gasteiger partial charge is 0.305 e. The van der Waals surface area contributed by atoms with Crippen LogP contribution in [-0.2, 0) is 14.3 Å². The van der Waals surface area contributed by atoms with Gasteiger partial charge in [0.25, 0.3) is 0 Å². The molecule has 0 fully saturated rings. The van der Waals surface area contributed by atoms with Crippen LogP contribution in [0.2, 0.25) is 0 Å². The molecule has 0 aliphatic carbocycles. The first kappa shape index (κ1) is 83.3. The number of hydrogen-bond donors (Lipinski definition) is 3. The van der Waals surface area contributed by atoms with Gasteiger partial charge in [0, 0.05) is 12.8 Å². The molecule has 2 unspecified atom stereocenters. The van der Waals surface area contributed by atoms with Crippen LogP contribution in [-0.4, -0.2) is 47.4 Å². The topological polar surface area (TPSA) is 95.9 Å². The molecule has 0 saturated heterocycles. The molecule has 0 aromatic heterocycles. The lowest BCUT2D eigenvalue weighted by Gasteiger charge is -2.22. The lowest BCUT2D eigenvalue weighted by atomic mass is 10.0. The molecule has 504 valence electrons. The van der Waals surface area contributed by atoms with E-state index in [0.29, 0.717) is 25.9 Å². The van der Waals surface area contributed by atoms with Gasteiger partial charge in [-0.05, 0) is 57.8 Å². The third-order valence-corrected chi connectivity index (χ3v) is 18.5. The molecule has 3 N–H and O–H groups in total. The maximum atomic E-state index is 12.6. The molecule has 2 atom stereocenters. The monoisotopic (exact) mass is 1200 g/mol. The van der Waals surface area contributed by atoms with Gasteiger partial charge in [0.15, 0.2) is 0 Å². The molecule has 0 aliphatic heterocycles. The summed E-state index contributed by atoms with van der Waals surface area (Å²) in [6, 6.07) is -0.545. The van der Waals surface area contributed by atoms with Gasteiger partial charge in [-0.1, -0.05) is 398 Å². The minimum absolute atomic E-state index is 0.0166. The van der Waals surface area contributed by atoms with Crippen LogP contribution in [0.15, 0.2) is 24.3 Å². The molecule has 1 amide bonds. The fraction of sp³-hybridized carbons (Fsp3) is 0.924. The number of amides is 1. The second-order valence-electron chi connectivity index (χ2n) is 27.0. The molecule has 6 nitrogen and oxygen atoms in total. The molecule has 0 aromatic rings. The Morgan fingerprint density at radius 1 is 0.329 bits per heavy atom. The number of carbonyl (C=O) groups is 2. The van der Waals surface area contributed by atoms with E-state index in [1.807, 2.05) is 0 Å². The average Bonchev–Trinajstić information content (AvgIpc) is 3.51. The van der Waals surface area contributed by atoms with Crippen LogP contribution in [0.3, 0.4) is 0 Å². The minimum Gasteiger partial charge on any atom is -0.466 e. The minimum atomic E-state index is -0.668. The molecule has 0 heterocycles. The van der Waals surface area contributed by atoms with E-state index >= 15 is 0 Å². The Balaban J connectivity index is 3.39. The molecular formula is C79H153NO5. The van der Waals surface area contributed by atoms with Gasteiger partial charge in [-0.3, -0.25) is 9.59 Å². The molecule has 0 aromatic carbocycles. The normalized spacial score (nSPS) is 12.6. The lowest BCUT2D eigenvalue weighted by Crippen LogP contribution is -2.45. The predicted molar refractivity (Wildman–Crippen MR) is 375 cm³/mol. The number of aliphatic hydroxyl groups is 2. The Labute approximate surface area is 532 Å². The number of ether oxygens (including phenoxy) is 1. The van der Waals surface area contributed by atoms with Crippen molar-refractivity contribution in [1.82, 2.24) is 5.32 Å². The summed E-state index contributed by atoms with van der Waals surface area (Å²) in [6.45, 7) is 5.00. The van der Waals surface area contributed by atoms with Crippen molar-refractivity contribution in [3.63, 3.8) is 0 Å². The third-order valence-electron chi connectivity index (χ3n) is 18.5. The van der Waals surface area contributed by atoms with Crippen molar-refractivity contribution in [2.24, 2.45) is 0 Å². The second kappa shape index (κ2) is 74.8. The van der Waals surface area contributed by atoms with Crippen molar-refractivity contribution in [2.75, 3.05) is 13.2 Å². The molecule has 0 spiro atoms. The van der Waals surface area contributed by atoms with Gasteiger partial charge in [0.2, 0.25) is 5.91 Å². The summed E-state index contributed by atoms with van der Waals surface area (Å²) in [7, 11) is 0. The number of rotatable bonds is 74. The van der Waals surface area contributed by atoms with Crippen LogP contribution in [0, 0.1) is 0 Å². The number of aliphatic hydroxyl groups excluding tert-OH is 2. The standard InChI is InChI=1S/C79H153NO5/c1-3-5-7-9-11-13-15-17-19-21-23-24-32-36-39-43-47-51-55-59-63-67-71-77(82)76(75-81)80-78(83)72-68-64-60-56-52-48-44-40-37-33-30-28-26-25-27-29-31-34-38-42-46-50-54-58-62-66-70-74-85-79(84)73-69-65-61-57-53-49-45-41-35-22-20-18-16-14-12-10-8-6-4-2/h25-26,29,31,76-77,81-82H,3-24,27-28,30,32-75H2,1-2H3,(H,80,83)/b26-25-,31-29-. The van der Waals surface area contributed by atoms with E-state index in [4.69, 9.17) is 4.74 Å². The Morgan fingerprint density at radius 3 is 0.894 bits per heavy atom. The summed E-state index contributed by atoms with van der Waals surface area (Å²) < 4.78 is 5.51. The molecule has 0 rings (SSSR count). The number of hydrogen-bond acceptors (Lipinski definition) is 5. The Bertz CT molecular complexity index is 1330. The fourth-order valence-electron chi connectivity index (χ4n) is 12.6. The number of allylic oxidation sites excluding steroid dienone is 4. The maximum Gasteiger partial charge on any atom is 0.305 e. The zero-order chi connectivity index (χ0) is 61.3. The van der Waals surface area contributed by atoms with Crippen LogP contribution in [0.4, 0.5) is 0 Å². The van der Waals surface area contributed by atoms with E-state index in [1.165, 1.54) is 366 Å². The first-order valence-electron chi connectivity index (χ1n) is 39.1. The lowest BCUT2D eigenvalue weighted by molar-refractivity contribution is -0.143. The number of carbonyl (C=O) groups excluding carboxylic acids is 2. The van der Waals surface area contributed by atoms with Crippen LogP contribution >= 0.6 is 0 Å². The number of unbranched alkanes of at least 4 members (excludes halogenated alkanes) is 59. The Hall–Kier alpha value is -1.66. The highest BCUT2D eigenvalue weighted by Crippen LogP contribution is 2.20. The van der Waals surface area contributed by atoms with Crippen molar-refractivity contribution in [2.45, 2.75) is 456 Å². The van der Waals surface area contributed by atoms with E-state index in [-0.39, 0.29) is 18.5 Å².